The molecule has 1 rings (SSSR count). The average molecular weight is 667 g/mol. The second-order valence-electron chi connectivity index (χ2n) is 13.9. The summed E-state index contributed by atoms with van der Waals surface area (Å²) in [6.07, 6.45) is -0.541. The van der Waals surface area contributed by atoms with Crippen molar-refractivity contribution in [2.45, 2.75) is 112 Å². The first-order valence-corrected chi connectivity index (χ1v) is 17.2. The van der Waals surface area contributed by atoms with Crippen molar-refractivity contribution in [3.63, 3.8) is 0 Å². The van der Waals surface area contributed by atoms with Gasteiger partial charge in [0.05, 0.1) is 23.6 Å². The molecule has 0 aliphatic heterocycles. The fourth-order valence-electron chi connectivity index (χ4n) is 4.71. The van der Waals surface area contributed by atoms with Gasteiger partial charge in [0.1, 0.15) is 12.1 Å². The van der Waals surface area contributed by atoms with Crippen LogP contribution in [0.1, 0.15) is 85.4 Å². The number of aliphatic hydroxyl groups is 1. The zero-order valence-electron chi connectivity index (χ0n) is 29.6. The Morgan fingerprint density at radius 3 is 1.93 bits per heavy atom. The summed E-state index contributed by atoms with van der Waals surface area (Å²) < 4.78 is 0. The number of hydrogen-bond acceptors (Lipinski definition) is 8. The van der Waals surface area contributed by atoms with Gasteiger partial charge in [-0.1, -0.05) is 55.4 Å². The van der Waals surface area contributed by atoms with Gasteiger partial charge < -0.3 is 31.3 Å². The van der Waals surface area contributed by atoms with E-state index in [0.29, 0.717) is 19.4 Å². The van der Waals surface area contributed by atoms with E-state index in [1.165, 1.54) is 16.2 Å². The number of nitrogens with zero attached hydrogens (tertiary/aromatic N) is 2. The number of aryl methyl sites for hydroxylation is 1. The van der Waals surface area contributed by atoms with E-state index in [2.05, 4.69) is 26.3 Å². The molecule has 1 aromatic heterocycles. The number of aromatic nitrogens is 1. The van der Waals surface area contributed by atoms with E-state index in [9.17, 15) is 29.1 Å². The van der Waals surface area contributed by atoms with E-state index in [4.69, 9.17) is 0 Å². The van der Waals surface area contributed by atoms with Crippen molar-refractivity contribution in [3.05, 3.63) is 16.1 Å². The monoisotopic (exact) mass is 666 g/mol. The Balaban J connectivity index is 3.03. The molecule has 6 unspecified atom stereocenters. The Morgan fingerprint density at radius 1 is 0.826 bits per heavy atom. The lowest BCUT2D eigenvalue weighted by Gasteiger charge is -2.30. The van der Waals surface area contributed by atoms with Crippen molar-refractivity contribution in [3.8, 4) is 0 Å². The van der Waals surface area contributed by atoms with Gasteiger partial charge in [-0.05, 0) is 37.5 Å². The Hall–Kier alpha value is -3.06. The van der Waals surface area contributed by atoms with Gasteiger partial charge in [-0.2, -0.15) is 0 Å². The molecule has 0 aliphatic carbocycles. The van der Waals surface area contributed by atoms with Crippen LogP contribution in [0.15, 0.2) is 5.38 Å². The van der Waals surface area contributed by atoms with Crippen molar-refractivity contribution in [2.24, 2.45) is 29.6 Å². The molecular weight excluding hydrogens is 608 g/mol. The molecule has 0 saturated heterocycles. The van der Waals surface area contributed by atoms with Gasteiger partial charge in [-0.25, -0.2) is 4.98 Å². The second kappa shape index (κ2) is 19.6. The van der Waals surface area contributed by atoms with Gasteiger partial charge in [0.25, 0.3) is 0 Å². The van der Waals surface area contributed by atoms with Crippen LogP contribution >= 0.6 is 11.3 Å². The number of carbonyl (C=O) groups excluding carboxylic acids is 5. The highest BCUT2D eigenvalue weighted by molar-refractivity contribution is 7.09. The first kappa shape index (κ1) is 41.0. The fourth-order valence-corrected chi connectivity index (χ4v) is 5.62. The van der Waals surface area contributed by atoms with Gasteiger partial charge in [-0.15, -0.1) is 11.3 Å². The van der Waals surface area contributed by atoms with Crippen LogP contribution in [0.2, 0.25) is 0 Å². The summed E-state index contributed by atoms with van der Waals surface area (Å²) in [6, 6.07) is -2.64. The molecule has 1 heterocycles. The standard InChI is InChI=1S/C33H58N6O6S/c1-18(2)12-24(26(40)13-21(7)31(43)38-29(20(5)6)33(45)34-16-19(3)4)36-32(44)25(15-28(41)39(10)11)37-30(42)22(8)14-27-35-23(9)17-46-27/h17-22,24-26,29,40H,12-16H2,1-11H3,(H,34,45)(H,36,44)(H,37,42)(H,38,43). The molecule has 0 aliphatic rings. The maximum Gasteiger partial charge on any atom is 0.243 e. The summed E-state index contributed by atoms with van der Waals surface area (Å²) >= 11 is 1.46. The Kier molecular flexibility index (Phi) is 17.4. The molecule has 0 spiro atoms. The van der Waals surface area contributed by atoms with Gasteiger partial charge in [0, 0.05) is 50.0 Å². The van der Waals surface area contributed by atoms with E-state index >= 15 is 0 Å². The van der Waals surface area contributed by atoms with E-state index in [0.717, 1.165) is 10.7 Å². The predicted molar refractivity (Wildman–Crippen MR) is 181 cm³/mol. The highest BCUT2D eigenvalue weighted by Crippen LogP contribution is 2.18. The fraction of sp³-hybridized carbons (Fsp3) is 0.758. The number of rotatable bonds is 19. The van der Waals surface area contributed by atoms with Crippen molar-refractivity contribution >= 4 is 40.9 Å². The van der Waals surface area contributed by atoms with Crippen LogP contribution < -0.4 is 21.3 Å². The Morgan fingerprint density at radius 2 is 1.43 bits per heavy atom. The predicted octanol–water partition coefficient (Wildman–Crippen LogP) is 2.42. The third-order valence-electron chi connectivity index (χ3n) is 7.60. The average Bonchev–Trinajstić information content (AvgIpc) is 3.36. The number of carbonyl (C=O) groups is 5. The van der Waals surface area contributed by atoms with Crippen molar-refractivity contribution < 1.29 is 29.1 Å². The van der Waals surface area contributed by atoms with E-state index in [1.54, 1.807) is 27.9 Å². The normalized spacial score (nSPS) is 15.5. The smallest absolute Gasteiger partial charge is 0.243 e. The zero-order chi connectivity index (χ0) is 35.3. The minimum absolute atomic E-state index is 0.0276. The molecule has 1 aromatic rings. The number of thiazole rings is 1. The molecule has 13 heteroatoms. The molecule has 0 saturated carbocycles. The Labute approximate surface area is 279 Å². The number of aliphatic hydroxyl groups excluding tert-OH is 1. The SMILES string of the molecule is Cc1csc(CC(C)C(=O)NC(CC(=O)N(C)C)C(=O)NC(CC(C)C)C(O)CC(C)C(=O)NC(C(=O)NCC(C)C)C(C)C)n1. The summed E-state index contributed by atoms with van der Waals surface area (Å²) in [5, 5.41) is 25.3. The van der Waals surface area contributed by atoms with E-state index in [1.807, 2.05) is 53.8 Å². The van der Waals surface area contributed by atoms with Gasteiger partial charge in [-0.3, -0.25) is 24.0 Å². The summed E-state index contributed by atoms with van der Waals surface area (Å²) in [4.78, 5) is 71.0. The Bertz CT molecular complexity index is 1150. The van der Waals surface area contributed by atoms with E-state index in [-0.39, 0.29) is 54.2 Å². The summed E-state index contributed by atoms with van der Waals surface area (Å²) in [5.74, 6) is -2.91. The number of amides is 5. The van der Waals surface area contributed by atoms with Crippen LogP contribution in [0.5, 0.6) is 0 Å². The van der Waals surface area contributed by atoms with Crippen molar-refractivity contribution in [1.82, 2.24) is 31.2 Å². The summed E-state index contributed by atoms with van der Waals surface area (Å²) in [6.45, 7) is 17.3. The summed E-state index contributed by atoms with van der Waals surface area (Å²) in [5.41, 5.74) is 0.870. The van der Waals surface area contributed by atoms with Crippen molar-refractivity contribution in [1.29, 1.82) is 0 Å². The topological polar surface area (TPSA) is 170 Å². The van der Waals surface area contributed by atoms with Gasteiger partial charge in [0.15, 0.2) is 0 Å². The third-order valence-corrected chi connectivity index (χ3v) is 8.59. The highest BCUT2D eigenvalue weighted by Gasteiger charge is 2.33. The second-order valence-corrected chi connectivity index (χ2v) is 14.8. The molecule has 262 valence electrons. The molecule has 5 N–H and O–H groups in total. The largest absolute Gasteiger partial charge is 0.391 e. The number of hydrogen-bond donors (Lipinski definition) is 5. The van der Waals surface area contributed by atoms with E-state index < -0.39 is 42.0 Å². The minimum Gasteiger partial charge on any atom is -0.391 e. The lowest BCUT2D eigenvalue weighted by atomic mass is 9.91. The minimum atomic E-state index is -1.17. The molecule has 0 fully saturated rings. The zero-order valence-corrected chi connectivity index (χ0v) is 30.4. The molecule has 0 aromatic carbocycles. The van der Waals surface area contributed by atoms with Crippen LogP contribution in [0.25, 0.3) is 0 Å². The first-order chi connectivity index (χ1) is 21.3. The van der Waals surface area contributed by atoms with Gasteiger partial charge in [0.2, 0.25) is 29.5 Å². The quantitative estimate of drug-likeness (QED) is 0.151. The van der Waals surface area contributed by atoms with Crippen molar-refractivity contribution in [2.75, 3.05) is 20.6 Å². The van der Waals surface area contributed by atoms with Crippen LogP contribution in [-0.4, -0.2) is 89.4 Å². The summed E-state index contributed by atoms with van der Waals surface area (Å²) in [7, 11) is 3.14. The van der Waals surface area contributed by atoms with Crippen LogP contribution in [0.4, 0.5) is 0 Å². The lowest BCUT2D eigenvalue weighted by Crippen LogP contribution is -2.55. The first-order valence-electron chi connectivity index (χ1n) is 16.3. The molecule has 6 atom stereocenters. The molecule has 5 amide bonds. The molecule has 46 heavy (non-hydrogen) atoms. The van der Waals surface area contributed by atoms with Gasteiger partial charge >= 0.3 is 0 Å². The molecular formula is C33H58N6O6S. The maximum atomic E-state index is 13.6. The lowest BCUT2D eigenvalue weighted by molar-refractivity contribution is -0.136. The molecule has 0 radical (unpaired) electrons. The number of nitrogens with one attached hydrogen (secondary N) is 4. The highest BCUT2D eigenvalue weighted by atomic mass is 32.1. The third kappa shape index (κ3) is 14.6. The van der Waals surface area contributed by atoms with Crippen LogP contribution in [-0.2, 0) is 30.4 Å². The molecule has 12 nitrogen and oxygen atoms in total. The van der Waals surface area contributed by atoms with Crippen LogP contribution in [0.3, 0.4) is 0 Å². The molecule has 0 bridgehead atoms. The van der Waals surface area contributed by atoms with Crippen LogP contribution in [0, 0.1) is 36.5 Å². The maximum absolute atomic E-state index is 13.6.